The van der Waals surface area contributed by atoms with E-state index in [0.717, 1.165) is 50.2 Å². The molecule has 0 saturated carbocycles. The quantitative estimate of drug-likeness (QED) is 0.123. The van der Waals surface area contributed by atoms with E-state index < -0.39 is 60.4 Å². The smallest absolute Gasteiger partial charge is 0.268 e. The van der Waals surface area contributed by atoms with Gasteiger partial charge in [-0.15, -0.1) is 29.8 Å². The summed E-state index contributed by atoms with van der Waals surface area (Å²) >= 11 is 0. The SMILES string of the molecule is [2H]c1c([2H])c([2H])c(-c2cccc(-c3c([2H])c([2H])c([2H])c([2H])c3[2H])c2-[n+]2[c-]n(-c3[c-]c(Oc4[c-]c5c(cc4)-c4ccccc4-c4ccccc4-c4c(C(C)(C)C)ccnc4-5)ccc3)c3ccccc32)c([2H])c1[2H].[Pt]. The maximum absolute atomic E-state index is 9.03. The molecule has 0 atom stereocenters. The van der Waals surface area contributed by atoms with Crippen molar-refractivity contribution in [3.8, 4) is 89.8 Å². The van der Waals surface area contributed by atoms with Crippen LogP contribution in [-0.4, -0.2) is 9.55 Å². The summed E-state index contributed by atoms with van der Waals surface area (Å²) in [5, 5.41) is 0. The normalized spacial score (nSPS) is 13.8. The summed E-state index contributed by atoms with van der Waals surface area (Å²) in [7, 11) is 0. The number of para-hydroxylation sites is 3. The monoisotopic (exact) mass is 1000 g/mol. The van der Waals surface area contributed by atoms with Crippen molar-refractivity contribution >= 4 is 11.0 Å². The Morgan fingerprint density at radius 3 is 1.83 bits per heavy atom. The third kappa shape index (κ3) is 7.11. The van der Waals surface area contributed by atoms with E-state index in [1.807, 2.05) is 60.8 Å². The van der Waals surface area contributed by atoms with Crippen LogP contribution >= 0.6 is 0 Å². The van der Waals surface area contributed by atoms with Gasteiger partial charge in [0.2, 0.25) is 0 Å². The minimum atomic E-state index is -0.572. The molecule has 0 N–H and O–H groups in total. The van der Waals surface area contributed by atoms with Crippen molar-refractivity contribution in [3.05, 3.63) is 218 Å². The molecular formula is C58H41N3OPt-2. The van der Waals surface area contributed by atoms with Crippen LogP contribution < -0.4 is 9.30 Å². The third-order valence-electron chi connectivity index (χ3n) is 11.2. The first kappa shape index (κ1) is 30.0. The number of rotatable bonds is 6. The minimum Gasteiger partial charge on any atom is -0.503 e. The van der Waals surface area contributed by atoms with Crippen LogP contribution in [0.4, 0.5) is 0 Å². The van der Waals surface area contributed by atoms with Gasteiger partial charge in [-0.2, -0.15) is 12.1 Å². The van der Waals surface area contributed by atoms with Crippen LogP contribution in [0.1, 0.15) is 40.0 Å². The van der Waals surface area contributed by atoms with Crippen molar-refractivity contribution in [3.63, 3.8) is 0 Å². The van der Waals surface area contributed by atoms with E-state index in [2.05, 4.69) is 87.8 Å². The van der Waals surface area contributed by atoms with Crippen LogP contribution in [0.25, 0.3) is 89.3 Å². The Morgan fingerprint density at radius 2 is 1.14 bits per heavy atom. The molecule has 0 amide bonds. The van der Waals surface area contributed by atoms with Crippen molar-refractivity contribution in [1.29, 1.82) is 0 Å². The van der Waals surface area contributed by atoms with Gasteiger partial charge in [0.05, 0.1) is 30.4 Å². The molecule has 0 radical (unpaired) electrons. The van der Waals surface area contributed by atoms with Crippen molar-refractivity contribution in [2.24, 2.45) is 0 Å². The molecule has 0 unspecified atom stereocenters. The predicted octanol–water partition coefficient (Wildman–Crippen LogP) is 14.1. The number of hydrogen-bond donors (Lipinski definition) is 0. The number of hydrogen-bond acceptors (Lipinski definition) is 2. The number of pyridine rings is 1. The zero-order valence-corrected chi connectivity index (χ0v) is 36.5. The topological polar surface area (TPSA) is 30.9 Å². The zero-order chi connectivity index (χ0) is 50.5. The number of imidazole rings is 1. The molecule has 0 fully saturated rings. The molecular weight excluding hydrogens is 950 g/mol. The van der Waals surface area contributed by atoms with E-state index in [-0.39, 0.29) is 54.4 Å². The van der Waals surface area contributed by atoms with E-state index in [1.54, 1.807) is 33.4 Å². The second kappa shape index (κ2) is 16.3. The Labute approximate surface area is 397 Å². The Hall–Kier alpha value is -7.13. The van der Waals surface area contributed by atoms with Crippen LogP contribution in [0.5, 0.6) is 11.5 Å². The molecule has 1 aliphatic carbocycles. The molecule has 2 heterocycles. The van der Waals surface area contributed by atoms with Crippen molar-refractivity contribution in [2.45, 2.75) is 26.2 Å². The number of ether oxygens (including phenoxy) is 1. The summed E-state index contributed by atoms with van der Waals surface area (Å²) in [6.07, 6.45) is 5.28. The molecule has 0 bridgehead atoms. The standard InChI is InChI=1S/C58H41N3O.Pt/c1-58(2,3)52-34-35-59-56-51-37-43(32-33-49(51)47-25-11-10-24-46(47)48-26-12-13-27-50(48)55(52)56)62-42-23-16-22-41(36-42)60-38-61(54-31-15-14-30-53(54)60)57-44(39-18-6-4-7-19-39)28-17-29-45(57)40-20-8-5-9-21-40;/h4-35H,1-3H3;/q-2;/i4D,5D,6D,7D,8D,9D,18D,19D,20D,21D;. The fourth-order valence-corrected chi connectivity index (χ4v) is 8.49. The van der Waals surface area contributed by atoms with Gasteiger partial charge in [0.15, 0.2) is 0 Å². The molecule has 8 aromatic carbocycles. The van der Waals surface area contributed by atoms with Crippen molar-refractivity contribution < 1.29 is 44.1 Å². The first-order valence-electron chi connectivity index (χ1n) is 25.2. The van der Waals surface area contributed by atoms with Crippen molar-refractivity contribution in [1.82, 2.24) is 9.55 Å². The van der Waals surface area contributed by atoms with Crippen LogP contribution in [-0.2, 0) is 26.5 Å². The van der Waals surface area contributed by atoms with Gasteiger partial charge in [-0.25, -0.2) is 0 Å². The molecule has 0 spiro atoms. The van der Waals surface area contributed by atoms with Crippen LogP contribution in [0.2, 0.25) is 0 Å². The molecule has 306 valence electrons. The van der Waals surface area contributed by atoms with Gasteiger partial charge in [0.1, 0.15) is 0 Å². The molecule has 2 aromatic heterocycles. The molecule has 4 nitrogen and oxygen atoms in total. The van der Waals surface area contributed by atoms with Gasteiger partial charge in [0.25, 0.3) is 6.33 Å². The molecule has 11 rings (SSSR count). The Balaban J connectivity index is 0.00000611. The molecule has 0 aliphatic heterocycles. The largest absolute Gasteiger partial charge is 0.503 e. The summed E-state index contributed by atoms with van der Waals surface area (Å²) in [4.78, 5) is 5.06. The molecule has 10 aromatic rings. The molecule has 5 heteroatoms. The third-order valence-corrected chi connectivity index (χ3v) is 11.2. The Bertz CT molecular complexity index is 3780. The van der Waals surface area contributed by atoms with Gasteiger partial charge >= 0.3 is 0 Å². The fourth-order valence-electron chi connectivity index (χ4n) is 8.49. The van der Waals surface area contributed by atoms with E-state index in [9.17, 15) is 0 Å². The van der Waals surface area contributed by atoms with Crippen molar-refractivity contribution in [2.75, 3.05) is 0 Å². The van der Waals surface area contributed by atoms with Gasteiger partial charge in [-0.1, -0.05) is 189 Å². The summed E-state index contributed by atoms with van der Waals surface area (Å²) in [6, 6.07) is 42.1. The average molecular weight is 1000 g/mol. The Morgan fingerprint density at radius 1 is 0.571 bits per heavy atom. The average Bonchev–Trinajstić information content (AvgIpc) is 3.77. The summed E-state index contributed by atoms with van der Waals surface area (Å²) in [5.74, 6) is 0.781. The number of aromatic nitrogens is 3. The van der Waals surface area contributed by atoms with E-state index in [4.69, 9.17) is 23.4 Å². The summed E-state index contributed by atoms with van der Waals surface area (Å²) in [5.41, 5.74) is 10.6. The second-order valence-corrected chi connectivity index (χ2v) is 16.0. The first-order valence-corrected chi connectivity index (χ1v) is 20.2. The number of fused-ring (bicyclic) bond motifs is 9. The fraction of sp³-hybridized carbons (Fsp3) is 0.0690. The molecule has 0 saturated heterocycles. The van der Waals surface area contributed by atoms with Gasteiger partial charge in [-0.3, -0.25) is 4.57 Å². The summed E-state index contributed by atoms with van der Waals surface area (Å²) < 4.78 is 97.1. The maximum atomic E-state index is 9.03. The first-order chi connectivity index (χ1) is 34.5. The van der Waals surface area contributed by atoms with E-state index in [0.29, 0.717) is 28.2 Å². The van der Waals surface area contributed by atoms with E-state index in [1.165, 1.54) is 0 Å². The van der Waals surface area contributed by atoms with E-state index >= 15 is 0 Å². The number of benzene rings is 8. The van der Waals surface area contributed by atoms with Gasteiger partial charge in [-0.05, 0) is 72.9 Å². The minimum absolute atomic E-state index is 0. The van der Waals surface area contributed by atoms with Gasteiger partial charge in [0, 0.05) is 38.8 Å². The second-order valence-electron chi connectivity index (χ2n) is 16.0. The maximum Gasteiger partial charge on any atom is 0.268 e. The van der Waals surface area contributed by atoms with Crippen LogP contribution in [0, 0.1) is 18.5 Å². The summed E-state index contributed by atoms with van der Waals surface area (Å²) in [6.45, 7) is 6.61. The van der Waals surface area contributed by atoms with Crippen LogP contribution in [0.15, 0.2) is 194 Å². The van der Waals surface area contributed by atoms with Gasteiger partial charge < -0.3 is 14.3 Å². The molecule has 63 heavy (non-hydrogen) atoms. The zero-order valence-electron chi connectivity index (χ0n) is 44.3. The Kier molecular flexibility index (Phi) is 7.76. The van der Waals surface area contributed by atoms with Crippen LogP contribution in [0.3, 0.4) is 0 Å². The number of nitrogens with zero attached hydrogens (tertiary/aromatic N) is 3. The predicted molar refractivity (Wildman–Crippen MR) is 250 cm³/mol. The molecule has 1 aliphatic rings.